The first-order valence-corrected chi connectivity index (χ1v) is 19.2. The van der Waals surface area contributed by atoms with Crippen molar-refractivity contribution in [3.05, 3.63) is 193 Å². The van der Waals surface area contributed by atoms with Crippen molar-refractivity contribution in [3.63, 3.8) is 0 Å². The smallest absolute Gasteiger partial charge is 0.160 e. The lowest BCUT2D eigenvalue weighted by molar-refractivity contribution is 0.645. The Labute approximate surface area is 325 Å². The molecule has 3 heterocycles. The summed E-state index contributed by atoms with van der Waals surface area (Å²) in [7, 11) is 0. The molecule has 4 heteroatoms. The summed E-state index contributed by atoms with van der Waals surface area (Å²) in [6, 6.07) is 64.6. The Morgan fingerprint density at radius 2 is 1.04 bits per heavy atom. The number of nitrogens with zero attached hydrogens (tertiary/aromatic N) is 4. The fourth-order valence-corrected chi connectivity index (χ4v) is 8.85. The Morgan fingerprint density at radius 1 is 0.411 bits per heavy atom. The van der Waals surface area contributed by atoms with E-state index in [4.69, 9.17) is 15.0 Å². The summed E-state index contributed by atoms with van der Waals surface area (Å²) < 4.78 is 2.34. The van der Waals surface area contributed by atoms with E-state index in [1.165, 1.54) is 38.4 Å². The SMILES string of the molecule is CC1(C)c2ccccc2-c2cc(-n3c4ccccc4c4cc(-c5cccc(-c6cc(-c7ccccc7)nc(-c7ccccc7)n6)c5)ccc43)nc3cccc1c23. The molecule has 0 bridgehead atoms. The minimum Gasteiger partial charge on any atom is -0.294 e. The van der Waals surface area contributed by atoms with E-state index in [9.17, 15) is 0 Å². The molecule has 7 aromatic carbocycles. The van der Waals surface area contributed by atoms with Crippen LogP contribution in [0.15, 0.2) is 182 Å². The van der Waals surface area contributed by atoms with Crippen LogP contribution >= 0.6 is 0 Å². The summed E-state index contributed by atoms with van der Waals surface area (Å²) in [6.07, 6.45) is 0. The number of hydrogen-bond acceptors (Lipinski definition) is 3. The molecule has 0 N–H and O–H groups in total. The molecule has 4 nitrogen and oxygen atoms in total. The number of rotatable bonds is 5. The van der Waals surface area contributed by atoms with Crippen molar-refractivity contribution in [2.24, 2.45) is 0 Å². The van der Waals surface area contributed by atoms with Gasteiger partial charge in [-0.25, -0.2) is 15.0 Å². The molecule has 0 amide bonds. The van der Waals surface area contributed by atoms with E-state index in [1.54, 1.807) is 0 Å². The molecule has 56 heavy (non-hydrogen) atoms. The first-order valence-electron chi connectivity index (χ1n) is 19.2. The van der Waals surface area contributed by atoms with Gasteiger partial charge in [0.1, 0.15) is 5.82 Å². The van der Waals surface area contributed by atoms with Crippen LogP contribution in [0.3, 0.4) is 0 Å². The average Bonchev–Trinajstić information content (AvgIpc) is 3.59. The number of pyridine rings is 1. The van der Waals surface area contributed by atoms with Crippen molar-refractivity contribution in [3.8, 4) is 62.0 Å². The molecule has 264 valence electrons. The third kappa shape index (κ3) is 5.03. The fraction of sp³-hybridized carbons (Fsp3) is 0.0577. The van der Waals surface area contributed by atoms with Gasteiger partial charge in [-0.05, 0) is 75.8 Å². The molecule has 0 fully saturated rings. The Bertz CT molecular complexity index is 3100. The van der Waals surface area contributed by atoms with Crippen LogP contribution in [0.25, 0.3) is 94.7 Å². The largest absolute Gasteiger partial charge is 0.294 e. The van der Waals surface area contributed by atoms with Crippen LogP contribution in [0.2, 0.25) is 0 Å². The van der Waals surface area contributed by atoms with Gasteiger partial charge in [0.15, 0.2) is 5.82 Å². The van der Waals surface area contributed by atoms with Crippen molar-refractivity contribution in [1.29, 1.82) is 0 Å². The van der Waals surface area contributed by atoms with E-state index in [0.717, 1.165) is 61.6 Å². The van der Waals surface area contributed by atoms with Crippen molar-refractivity contribution < 1.29 is 0 Å². The van der Waals surface area contributed by atoms with E-state index in [2.05, 4.69) is 176 Å². The number of para-hydroxylation sites is 1. The highest BCUT2D eigenvalue weighted by atomic mass is 15.1. The monoisotopic (exact) mass is 716 g/mol. The van der Waals surface area contributed by atoms with E-state index in [-0.39, 0.29) is 5.41 Å². The maximum absolute atomic E-state index is 5.39. The Morgan fingerprint density at radius 3 is 1.88 bits per heavy atom. The molecule has 11 rings (SSSR count). The molecule has 0 saturated carbocycles. The second kappa shape index (κ2) is 12.4. The standard InChI is InChI=1S/C52H36N4/c1-52(2)42-23-11-9-21-38(42)41-31-49(53-44-25-14-24-43(52)50(41)44)56-47-26-12-10-22-39(47)40-30-36(27-28-48(40)56)35-19-13-20-37(29-35)46-32-45(33-15-5-3-6-16-33)54-51(55-46)34-17-7-4-8-18-34/h3-32H,1-2H3. The molecule has 0 atom stereocenters. The highest BCUT2D eigenvalue weighted by Crippen LogP contribution is 2.49. The quantitative estimate of drug-likeness (QED) is 0.178. The van der Waals surface area contributed by atoms with Gasteiger partial charge in [0.25, 0.3) is 0 Å². The molecular weight excluding hydrogens is 681 g/mol. The lowest BCUT2D eigenvalue weighted by Gasteiger charge is -2.35. The van der Waals surface area contributed by atoms with Gasteiger partial charge in [-0.3, -0.25) is 4.57 Å². The second-order valence-corrected chi connectivity index (χ2v) is 15.3. The number of hydrogen-bond donors (Lipinski definition) is 0. The Hall–Kier alpha value is -7.17. The van der Waals surface area contributed by atoms with Gasteiger partial charge in [0.2, 0.25) is 0 Å². The van der Waals surface area contributed by atoms with Gasteiger partial charge in [0, 0.05) is 38.3 Å². The molecule has 0 unspecified atom stereocenters. The average molecular weight is 717 g/mol. The lowest BCUT2D eigenvalue weighted by Crippen LogP contribution is -2.23. The van der Waals surface area contributed by atoms with E-state index in [1.807, 2.05) is 24.3 Å². The normalized spacial score (nSPS) is 13.0. The summed E-state index contributed by atoms with van der Waals surface area (Å²) >= 11 is 0. The van der Waals surface area contributed by atoms with Gasteiger partial charge in [-0.1, -0.05) is 153 Å². The lowest BCUT2D eigenvalue weighted by atomic mass is 9.69. The minimum atomic E-state index is -0.116. The predicted octanol–water partition coefficient (Wildman–Crippen LogP) is 13.1. The predicted molar refractivity (Wildman–Crippen MR) is 231 cm³/mol. The summed E-state index contributed by atoms with van der Waals surface area (Å²) in [5.41, 5.74) is 15.5. The maximum atomic E-state index is 5.39. The molecule has 10 aromatic rings. The molecular formula is C52H36N4. The Balaban J connectivity index is 1.06. The Kier molecular flexibility index (Phi) is 7.17. The van der Waals surface area contributed by atoms with Crippen molar-refractivity contribution in [1.82, 2.24) is 19.5 Å². The number of aromatic nitrogens is 4. The van der Waals surface area contributed by atoms with Crippen molar-refractivity contribution in [2.75, 3.05) is 0 Å². The zero-order chi connectivity index (χ0) is 37.4. The molecule has 0 saturated heterocycles. The van der Waals surface area contributed by atoms with Gasteiger partial charge < -0.3 is 0 Å². The summed E-state index contributed by atoms with van der Waals surface area (Å²) in [5, 5.41) is 3.63. The third-order valence-corrected chi connectivity index (χ3v) is 11.6. The summed E-state index contributed by atoms with van der Waals surface area (Å²) in [5.74, 6) is 1.63. The first-order chi connectivity index (χ1) is 27.5. The fourth-order valence-electron chi connectivity index (χ4n) is 8.85. The van der Waals surface area contributed by atoms with Crippen molar-refractivity contribution in [2.45, 2.75) is 19.3 Å². The first kappa shape index (κ1) is 32.3. The van der Waals surface area contributed by atoms with Gasteiger partial charge >= 0.3 is 0 Å². The van der Waals surface area contributed by atoms with Crippen LogP contribution in [0, 0.1) is 0 Å². The zero-order valence-corrected chi connectivity index (χ0v) is 31.1. The third-order valence-electron chi connectivity index (χ3n) is 11.6. The van der Waals surface area contributed by atoms with E-state index < -0.39 is 0 Å². The molecule has 1 aliphatic carbocycles. The molecule has 3 aromatic heterocycles. The number of fused-ring (bicyclic) bond motifs is 5. The molecule has 0 radical (unpaired) electrons. The van der Waals surface area contributed by atoms with Crippen LogP contribution in [0.1, 0.15) is 25.0 Å². The van der Waals surface area contributed by atoms with Crippen molar-refractivity contribution >= 4 is 32.7 Å². The van der Waals surface area contributed by atoms with Crippen LogP contribution in [-0.4, -0.2) is 19.5 Å². The molecule has 0 spiro atoms. The minimum absolute atomic E-state index is 0.116. The van der Waals surface area contributed by atoms with E-state index >= 15 is 0 Å². The topological polar surface area (TPSA) is 43.6 Å². The number of benzene rings is 7. The van der Waals surface area contributed by atoms with Gasteiger partial charge in [-0.2, -0.15) is 0 Å². The highest BCUT2D eigenvalue weighted by Gasteiger charge is 2.34. The van der Waals surface area contributed by atoms with Crippen LogP contribution in [0.4, 0.5) is 0 Å². The zero-order valence-electron chi connectivity index (χ0n) is 31.1. The van der Waals surface area contributed by atoms with Crippen LogP contribution in [-0.2, 0) is 5.41 Å². The van der Waals surface area contributed by atoms with Crippen LogP contribution < -0.4 is 0 Å². The summed E-state index contributed by atoms with van der Waals surface area (Å²) in [4.78, 5) is 15.5. The molecule has 1 aliphatic rings. The molecule has 0 aliphatic heterocycles. The maximum Gasteiger partial charge on any atom is 0.160 e. The van der Waals surface area contributed by atoms with E-state index in [0.29, 0.717) is 5.82 Å². The van der Waals surface area contributed by atoms with Crippen LogP contribution in [0.5, 0.6) is 0 Å². The second-order valence-electron chi connectivity index (χ2n) is 15.3. The summed E-state index contributed by atoms with van der Waals surface area (Å²) in [6.45, 7) is 4.66. The highest BCUT2D eigenvalue weighted by molar-refractivity contribution is 6.11. The van der Waals surface area contributed by atoms with Gasteiger partial charge in [-0.15, -0.1) is 0 Å². The van der Waals surface area contributed by atoms with Gasteiger partial charge in [0.05, 0.1) is 27.9 Å².